The highest BCUT2D eigenvalue weighted by molar-refractivity contribution is 4.93. The standard InChI is InChI=1S/C17H32N2O2/c1-14-4-6-17(7-5-14,12-18-15-2-3-15)13-19-8-9-21-16(10-19)11-20/h14-16,18,20H,2-13H2,1H3. The van der Waals surface area contributed by atoms with Gasteiger partial charge in [-0.2, -0.15) is 0 Å². The molecule has 0 aromatic rings. The summed E-state index contributed by atoms with van der Waals surface area (Å²) in [6.07, 6.45) is 8.23. The van der Waals surface area contributed by atoms with Gasteiger partial charge in [0.15, 0.2) is 0 Å². The first-order valence-corrected chi connectivity index (χ1v) is 8.87. The lowest BCUT2D eigenvalue weighted by molar-refractivity contribution is -0.0664. The van der Waals surface area contributed by atoms with Crippen LogP contribution in [-0.2, 0) is 4.74 Å². The Morgan fingerprint density at radius 2 is 2.00 bits per heavy atom. The highest BCUT2D eigenvalue weighted by Crippen LogP contribution is 2.40. The first-order valence-electron chi connectivity index (χ1n) is 8.87. The largest absolute Gasteiger partial charge is 0.394 e. The van der Waals surface area contributed by atoms with Gasteiger partial charge in [-0.05, 0) is 37.0 Å². The SMILES string of the molecule is CC1CCC(CNC2CC2)(CN2CCOC(CO)C2)CC1. The van der Waals surface area contributed by atoms with Gasteiger partial charge in [-0.3, -0.25) is 4.90 Å². The van der Waals surface area contributed by atoms with Crippen molar-refractivity contribution in [3.8, 4) is 0 Å². The van der Waals surface area contributed by atoms with Gasteiger partial charge in [0.1, 0.15) is 0 Å². The van der Waals surface area contributed by atoms with Crippen LogP contribution in [0, 0.1) is 11.3 Å². The second-order valence-corrected chi connectivity index (χ2v) is 7.75. The number of nitrogens with zero attached hydrogens (tertiary/aromatic N) is 1. The van der Waals surface area contributed by atoms with Gasteiger partial charge in [0, 0.05) is 32.2 Å². The Labute approximate surface area is 129 Å². The minimum absolute atomic E-state index is 0.0229. The quantitative estimate of drug-likeness (QED) is 0.782. The first kappa shape index (κ1) is 15.7. The lowest BCUT2D eigenvalue weighted by Gasteiger charge is -2.45. The Kier molecular flexibility index (Phi) is 5.20. The van der Waals surface area contributed by atoms with Gasteiger partial charge in [-0.1, -0.05) is 19.8 Å². The van der Waals surface area contributed by atoms with Crippen LogP contribution < -0.4 is 5.32 Å². The van der Waals surface area contributed by atoms with Gasteiger partial charge in [0.05, 0.1) is 19.3 Å². The van der Waals surface area contributed by atoms with Crippen molar-refractivity contribution in [1.29, 1.82) is 0 Å². The molecule has 2 aliphatic carbocycles. The van der Waals surface area contributed by atoms with Crippen LogP contribution in [0.25, 0.3) is 0 Å². The van der Waals surface area contributed by atoms with Crippen LogP contribution in [0.4, 0.5) is 0 Å². The molecule has 1 aliphatic heterocycles. The second-order valence-electron chi connectivity index (χ2n) is 7.75. The van der Waals surface area contributed by atoms with Gasteiger partial charge in [0.2, 0.25) is 0 Å². The summed E-state index contributed by atoms with van der Waals surface area (Å²) in [5.41, 5.74) is 0.451. The number of ether oxygens (including phenoxy) is 1. The van der Waals surface area contributed by atoms with Crippen LogP contribution in [-0.4, -0.2) is 61.5 Å². The summed E-state index contributed by atoms with van der Waals surface area (Å²) in [6.45, 7) is 7.61. The molecular weight excluding hydrogens is 264 g/mol. The third-order valence-corrected chi connectivity index (χ3v) is 5.66. The summed E-state index contributed by atoms with van der Waals surface area (Å²) >= 11 is 0. The maximum absolute atomic E-state index is 9.33. The van der Waals surface area contributed by atoms with Crippen molar-refractivity contribution >= 4 is 0 Å². The summed E-state index contributed by atoms with van der Waals surface area (Å²) in [5.74, 6) is 0.897. The van der Waals surface area contributed by atoms with Crippen molar-refractivity contribution in [2.45, 2.75) is 57.6 Å². The van der Waals surface area contributed by atoms with E-state index in [9.17, 15) is 5.11 Å². The smallest absolute Gasteiger partial charge is 0.0932 e. The van der Waals surface area contributed by atoms with E-state index in [0.29, 0.717) is 5.41 Å². The molecule has 0 amide bonds. The minimum atomic E-state index is 0.0229. The van der Waals surface area contributed by atoms with Crippen LogP contribution >= 0.6 is 0 Å². The van der Waals surface area contributed by atoms with E-state index in [1.54, 1.807) is 0 Å². The summed E-state index contributed by atoms with van der Waals surface area (Å²) in [7, 11) is 0. The van der Waals surface area contributed by atoms with Gasteiger partial charge < -0.3 is 15.2 Å². The average Bonchev–Trinajstić information content (AvgIpc) is 3.33. The lowest BCUT2D eigenvalue weighted by atomic mass is 9.70. The van der Waals surface area contributed by atoms with E-state index >= 15 is 0 Å². The van der Waals surface area contributed by atoms with E-state index in [0.717, 1.165) is 31.7 Å². The highest BCUT2D eigenvalue weighted by atomic mass is 16.5. The number of hydrogen-bond acceptors (Lipinski definition) is 4. The van der Waals surface area contributed by atoms with Crippen molar-refractivity contribution in [2.24, 2.45) is 11.3 Å². The van der Waals surface area contributed by atoms with Crippen LogP contribution in [0.2, 0.25) is 0 Å². The fourth-order valence-electron chi connectivity index (χ4n) is 3.92. The van der Waals surface area contributed by atoms with Crippen molar-refractivity contribution in [1.82, 2.24) is 10.2 Å². The van der Waals surface area contributed by atoms with Gasteiger partial charge >= 0.3 is 0 Å². The number of rotatable bonds is 6. The maximum Gasteiger partial charge on any atom is 0.0932 e. The summed E-state index contributed by atoms with van der Waals surface area (Å²) in [5, 5.41) is 13.1. The van der Waals surface area contributed by atoms with Crippen molar-refractivity contribution in [3.63, 3.8) is 0 Å². The Balaban J connectivity index is 1.57. The normalized spacial score (nSPS) is 38.6. The van der Waals surface area contributed by atoms with E-state index in [4.69, 9.17) is 4.74 Å². The Hall–Kier alpha value is -0.160. The molecule has 2 N–H and O–H groups in total. The van der Waals surface area contributed by atoms with E-state index in [1.165, 1.54) is 51.6 Å². The predicted molar refractivity (Wildman–Crippen MR) is 84.4 cm³/mol. The van der Waals surface area contributed by atoms with Crippen molar-refractivity contribution < 1.29 is 9.84 Å². The predicted octanol–water partition coefficient (Wildman–Crippen LogP) is 1.63. The fourth-order valence-corrected chi connectivity index (χ4v) is 3.92. The number of hydrogen-bond donors (Lipinski definition) is 2. The highest BCUT2D eigenvalue weighted by Gasteiger charge is 2.38. The monoisotopic (exact) mass is 296 g/mol. The molecule has 0 spiro atoms. The van der Waals surface area contributed by atoms with Crippen LogP contribution in [0.1, 0.15) is 45.4 Å². The minimum Gasteiger partial charge on any atom is -0.394 e. The third kappa shape index (κ3) is 4.41. The molecule has 1 unspecified atom stereocenters. The molecule has 1 saturated heterocycles. The molecule has 3 aliphatic rings. The zero-order chi connectivity index (χ0) is 14.7. The number of morpholine rings is 1. The average molecular weight is 296 g/mol. The second kappa shape index (κ2) is 6.95. The van der Waals surface area contributed by atoms with Crippen LogP contribution in [0.5, 0.6) is 0 Å². The molecular formula is C17H32N2O2. The fraction of sp³-hybridized carbons (Fsp3) is 1.00. The lowest BCUT2D eigenvalue weighted by Crippen LogP contribution is -2.52. The molecule has 1 atom stereocenters. The van der Waals surface area contributed by atoms with E-state index in [2.05, 4.69) is 17.1 Å². The maximum atomic E-state index is 9.33. The zero-order valence-corrected chi connectivity index (χ0v) is 13.5. The number of aliphatic hydroxyl groups is 1. The third-order valence-electron chi connectivity index (χ3n) is 5.66. The van der Waals surface area contributed by atoms with E-state index in [-0.39, 0.29) is 12.7 Å². The summed E-state index contributed by atoms with van der Waals surface area (Å²) in [6, 6.07) is 0.802. The first-order chi connectivity index (χ1) is 10.2. The van der Waals surface area contributed by atoms with Crippen LogP contribution in [0.15, 0.2) is 0 Å². The molecule has 1 heterocycles. The Morgan fingerprint density at radius 1 is 1.24 bits per heavy atom. The zero-order valence-electron chi connectivity index (χ0n) is 13.5. The molecule has 3 fully saturated rings. The topological polar surface area (TPSA) is 44.7 Å². The van der Waals surface area contributed by atoms with Crippen molar-refractivity contribution in [2.75, 3.05) is 39.4 Å². The number of aliphatic hydroxyl groups excluding tert-OH is 1. The molecule has 0 aromatic heterocycles. The van der Waals surface area contributed by atoms with E-state index < -0.39 is 0 Å². The molecule has 21 heavy (non-hydrogen) atoms. The van der Waals surface area contributed by atoms with Gasteiger partial charge in [-0.25, -0.2) is 0 Å². The summed E-state index contributed by atoms with van der Waals surface area (Å²) in [4.78, 5) is 2.54. The van der Waals surface area contributed by atoms with Gasteiger partial charge in [0.25, 0.3) is 0 Å². The van der Waals surface area contributed by atoms with Gasteiger partial charge in [-0.15, -0.1) is 0 Å². The Bertz CT molecular complexity index is 325. The molecule has 0 radical (unpaired) electrons. The summed E-state index contributed by atoms with van der Waals surface area (Å²) < 4.78 is 5.60. The molecule has 0 bridgehead atoms. The number of nitrogens with one attached hydrogen (secondary N) is 1. The molecule has 4 heteroatoms. The molecule has 4 nitrogen and oxygen atoms in total. The molecule has 2 saturated carbocycles. The van der Waals surface area contributed by atoms with E-state index in [1.807, 2.05) is 0 Å². The molecule has 3 rings (SSSR count). The van der Waals surface area contributed by atoms with Crippen LogP contribution in [0.3, 0.4) is 0 Å². The Morgan fingerprint density at radius 3 is 2.67 bits per heavy atom. The molecule has 0 aromatic carbocycles. The molecule has 122 valence electrons. The van der Waals surface area contributed by atoms with Crippen molar-refractivity contribution in [3.05, 3.63) is 0 Å².